The fourth-order valence-corrected chi connectivity index (χ4v) is 1.65. The second-order valence-electron chi connectivity index (χ2n) is 4.58. The van der Waals surface area contributed by atoms with Crippen molar-refractivity contribution in [2.24, 2.45) is 0 Å². The zero-order valence-corrected chi connectivity index (χ0v) is 11.8. The number of ether oxygens (including phenoxy) is 2. The predicted molar refractivity (Wildman–Crippen MR) is 73.4 cm³/mol. The Balaban J connectivity index is 2.42. The normalized spacial score (nSPS) is 13.8. The van der Waals surface area contributed by atoms with Gasteiger partial charge in [-0.3, -0.25) is 4.79 Å². The summed E-state index contributed by atoms with van der Waals surface area (Å²) in [7, 11) is 0. The highest BCUT2D eigenvalue weighted by atomic mass is 16.7. The van der Waals surface area contributed by atoms with Gasteiger partial charge in [-0.25, -0.2) is 0 Å². The Morgan fingerprint density at radius 2 is 1.89 bits per heavy atom. The van der Waals surface area contributed by atoms with Crippen molar-refractivity contribution in [3.05, 3.63) is 29.8 Å². The summed E-state index contributed by atoms with van der Waals surface area (Å²) < 4.78 is 10.8. The second-order valence-corrected chi connectivity index (χ2v) is 4.58. The molecule has 0 bridgehead atoms. The van der Waals surface area contributed by atoms with E-state index in [1.54, 1.807) is 6.92 Å². The van der Waals surface area contributed by atoms with Gasteiger partial charge < -0.3 is 14.6 Å². The molecule has 0 aliphatic carbocycles. The van der Waals surface area contributed by atoms with E-state index in [0.717, 1.165) is 12.2 Å². The molecule has 1 N–H and O–H groups in total. The van der Waals surface area contributed by atoms with E-state index in [2.05, 4.69) is 13.8 Å². The molecule has 0 spiro atoms. The zero-order chi connectivity index (χ0) is 14.3. The van der Waals surface area contributed by atoms with E-state index >= 15 is 0 Å². The van der Waals surface area contributed by atoms with Gasteiger partial charge in [0, 0.05) is 0 Å². The van der Waals surface area contributed by atoms with Crippen molar-refractivity contribution in [3.63, 3.8) is 0 Å². The van der Waals surface area contributed by atoms with Crippen LogP contribution in [0.5, 0.6) is 5.75 Å². The van der Waals surface area contributed by atoms with Crippen LogP contribution in [0, 0.1) is 0 Å². The lowest BCUT2D eigenvalue weighted by Gasteiger charge is -2.16. The van der Waals surface area contributed by atoms with Crippen LogP contribution in [0.15, 0.2) is 24.3 Å². The van der Waals surface area contributed by atoms with E-state index in [0.29, 0.717) is 5.92 Å². The van der Waals surface area contributed by atoms with Crippen molar-refractivity contribution in [3.8, 4) is 5.75 Å². The maximum absolute atomic E-state index is 10.3. The molecule has 0 aliphatic heterocycles. The van der Waals surface area contributed by atoms with Gasteiger partial charge in [0.05, 0.1) is 13.0 Å². The van der Waals surface area contributed by atoms with Crippen LogP contribution >= 0.6 is 0 Å². The van der Waals surface area contributed by atoms with E-state index in [9.17, 15) is 4.79 Å². The Labute approximate surface area is 114 Å². The third kappa shape index (κ3) is 5.75. The van der Waals surface area contributed by atoms with Crippen LogP contribution in [0.1, 0.15) is 45.1 Å². The molecular formula is C15H22O4. The number of carboxylic acids is 1. The van der Waals surface area contributed by atoms with Crippen LogP contribution in [-0.2, 0) is 9.53 Å². The number of carbonyl (C=O) groups is 1. The minimum absolute atomic E-state index is 0.0132. The molecule has 19 heavy (non-hydrogen) atoms. The molecular weight excluding hydrogens is 244 g/mol. The summed E-state index contributed by atoms with van der Waals surface area (Å²) >= 11 is 0. The fourth-order valence-electron chi connectivity index (χ4n) is 1.65. The molecule has 0 saturated heterocycles. The highest BCUT2D eigenvalue weighted by molar-refractivity contribution is 5.66. The lowest BCUT2D eigenvalue weighted by atomic mass is 9.99. The molecule has 0 fully saturated rings. The van der Waals surface area contributed by atoms with Crippen LogP contribution in [0.3, 0.4) is 0 Å². The first kappa shape index (κ1) is 15.5. The first-order chi connectivity index (χ1) is 9.02. The molecule has 1 aromatic rings. The van der Waals surface area contributed by atoms with Crippen LogP contribution in [-0.4, -0.2) is 24.0 Å². The number of carboxylic acid groups (broad SMARTS) is 1. The van der Waals surface area contributed by atoms with E-state index in [4.69, 9.17) is 14.6 Å². The smallest absolute Gasteiger partial charge is 0.305 e. The number of hydrogen-bond donors (Lipinski definition) is 1. The van der Waals surface area contributed by atoms with Crippen molar-refractivity contribution >= 4 is 5.97 Å². The van der Waals surface area contributed by atoms with Gasteiger partial charge in [0.2, 0.25) is 0 Å². The number of aliphatic carboxylic acids is 1. The molecule has 2 atom stereocenters. The van der Waals surface area contributed by atoms with Gasteiger partial charge in [-0.2, -0.15) is 0 Å². The highest BCUT2D eigenvalue weighted by Crippen LogP contribution is 2.22. The predicted octanol–water partition coefficient (Wildman–Crippen LogP) is 3.42. The standard InChI is InChI=1S/C15H22O4/c1-4-11(2)13-5-7-14(8-6-13)19-12(3)18-10-9-15(16)17/h5-8,11-12H,4,9-10H2,1-3H3,(H,16,17). The second kappa shape index (κ2) is 7.79. The lowest BCUT2D eigenvalue weighted by Crippen LogP contribution is -2.18. The van der Waals surface area contributed by atoms with Gasteiger partial charge >= 0.3 is 5.97 Å². The van der Waals surface area contributed by atoms with Crippen molar-refractivity contribution in [1.82, 2.24) is 0 Å². The summed E-state index contributed by atoms with van der Waals surface area (Å²) in [5, 5.41) is 8.50. The van der Waals surface area contributed by atoms with E-state index in [-0.39, 0.29) is 13.0 Å². The SMILES string of the molecule is CCC(C)c1ccc(OC(C)OCCC(=O)O)cc1. The van der Waals surface area contributed by atoms with Gasteiger partial charge in [-0.1, -0.05) is 26.0 Å². The molecule has 0 aliphatic rings. The molecule has 4 heteroatoms. The lowest BCUT2D eigenvalue weighted by molar-refractivity contribution is -0.140. The third-order valence-electron chi connectivity index (χ3n) is 3.03. The van der Waals surface area contributed by atoms with Crippen molar-refractivity contribution in [2.75, 3.05) is 6.61 Å². The van der Waals surface area contributed by atoms with Gasteiger partial charge in [-0.15, -0.1) is 0 Å². The molecule has 0 radical (unpaired) electrons. The summed E-state index contributed by atoms with van der Waals surface area (Å²) in [5.74, 6) is 0.401. The molecule has 0 amide bonds. The molecule has 4 nitrogen and oxygen atoms in total. The average molecular weight is 266 g/mol. The minimum Gasteiger partial charge on any atom is -0.481 e. The van der Waals surface area contributed by atoms with Gasteiger partial charge in [-0.05, 0) is 37.0 Å². The number of benzene rings is 1. The number of rotatable bonds is 8. The van der Waals surface area contributed by atoms with Crippen LogP contribution < -0.4 is 4.74 Å². The molecule has 0 aromatic heterocycles. The van der Waals surface area contributed by atoms with Crippen molar-refractivity contribution in [1.29, 1.82) is 0 Å². The van der Waals surface area contributed by atoms with Gasteiger partial charge in [0.15, 0.2) is 6.29 Å². The first-order valence-electron chi connectivity index (χ1n) is 6.63. The third-order valence-corrected chi connectivity index (χ3v) is 3.03. The maximum atomic E-state index is 10.3. The molecule has 2 unspecified atom stereocenters. The largest absolute Gasteiger partial charge is 0.481 e. The van der Waals surface area contributed by atoms with Crippen molar-refractivity contribution < 1.29 is 19.4 Å². The minimum atomic E-state index is -0.870. The first-order valence-corrected chi connectivity index (χ1v) is 6.63. The quantitative estimate of drug-likeness (QED) is 0.732. The molecule has 1 rings (SSSR count). The molecule has 0 saturated carbocycles. The van der Waals surface area contributed by atoms with E-state index in [1.807, 2.05) is 24.3 Å². The Morgan fingerprint density at radius 1 is 1.26 bits per heavy atom. The van der Waals surface area contributed by atoms with Crippen LogP contribution in [0.25, 0.3) is 0 Å². The van der Waals surface area contributed by atoms with Gasteiger partial charge in [0.1, 0.15) is 5.75 Å². The Morgan fingerprint density at radius 3 is 2.42 bits per heavy atom. The van der Waals surface area contributed by atoms with Gasteiger partial charge in [0.25, 0.3) is 0 Å². The zero-order valence-electron chi connectivity index (χ0n) is 11.8. The summed E-state index contributed by atoms with van der Waals surface area (Å²) in [6, 6.07) is 7.93. The molecule has 1 aromatic carbocycles. The van der Waals surface area contributed by atoms with Crippen molar-refractivity contribution in [2.45, 2.75) is 45.8 Å². The average Bonchev–Trinajstić information content (AvgIpc) is 2.38. The monoisotopic (exact) mass is 266 g/mol. The topological polar surface area (TPSA) is 55.8 Å². The Bertz CT molecular complexity index is 386. The van der Waals surface area contributed by atoms with E-state index < -0.39 is 12.3 Å². The van der Waals surface area contributed by atoms with Crippen LogP contribution in [0.4, 0.5) is 0 Å². The summed E-state index contributed by atoms with van der Waals surface area (Å²) in [5.41, 5.74) is 1.29. The summed E-state index contributed by atoms with van der Waals surface area (Å²) in [4.78, 5) is 10.3. The fraction of sp³-hybridized carbons (Fsp3) is 0.533. The Kier molecular flexibility index (Phi) is 6.36. The summed E-state index contributed by atoms with van der Waals surface area (Å²) in [6.45, 7) is 6.26. The highest BCUT2D eigenvalue weighted by Gasteiger charge is 2.07. The van der Waals surface area contributed by atoms with Crippen LogP contribution in [0.2, 0.25) is 0 Å². The molecule has 106 valence electrons. The summed E-state index contributed by atoms with van der Waals surface area (Å²) in [6.07, 6.45) is 0.643. The number of hydrogen-bond acceptors (Lipinski definition) is 3. The Hall–Kier alpha value is -1.55. The maximum Gasteiger partial charge on any atom is 0.305 e. The molecule has 0 heterocycles. The van der Waals surface area contributed by atoms with E-state index in [1.165, 1.54) is 5.56 Å².